The molecule has 1 aromatic heterocycles. The molecule has 0 aromatic carbocycles. The van der Waals surface area contributed by atoms with Crippen LogP contribution in [-0.2, 0) is 12.5 Å². The summed E-state index contributed by atoms with van der Waals surface area (Å²) in [5.74, 6) is -3.19. The van der Waals surface area contributed by atoms with Crippen molar-refractivity contribution >= 4 is 0 Å². The van der Waals surface area contributed by atoms with Crippen LogP contribution in [0.25, 0.3) is 0 Å². The lowest BCUT2D eigenvalue weighted by molar-refractivity contribution is -0.0618. The maximum absolute atomic E-state index is 12.9. The SMILES string of the molecule is CCn1cncc1C(F)(F)CO. The molecule has 0 aliphatic rings. The molecule has 1 N–H and O–H groups in total. The van der Waals surface area contributed by atoms with Gasteiger partial charge in [0.05, 0.1) is 12.5 Å². The Morgan fingerprint density at radius 1 is 1.67 bits per heavy atom. The van der Waals surface area contributed by atoms with E-state index in [1.165, 1.54) is 10.9 Å². The fraction of sp³-hybridized carbons (Fsp3) is 0.571. The molecule has 0 bridgehead atoms. The summed E-state index contributed by atoms with van der Waals surface area (Å²) in [6.07, 6.45) is 2.39. The lowest BCUT2D eigenvalue weighted by Crippen LogP contribution is -2.22. The summed E-state index contributed by atoms with van der Waals surface area (Å²) in [6, 6.07) is 0. The molecule has 1 rings (SSSR count). The molecule has 0 aliphatic heterocycles. The van der Waals surface area contributed by atoms with Crippen molar-refractivity contribution in [2.24, 2.45) is 0 Å². The molecule has 0 spiro atoms. The number of aliphatic hydroxyl groups excluding tert-OH is 1. The van der Waals surface area contributed by atoms with Crippen molar-refractivity contribution < 1.29 is 13.9 Å². The Labute approximate surface area is 68.7 Å². The molecule has 3 nitrogen and oxygen atoms in total. The normalized spacial score (nSPS) is 12.0. The van der Waals surface area contributed by atoms with E-state index in [9.17, 15) is 8.78 Å². The Balaban J connectivity index is 3.00. The Bertz CT molecular complexity index is 260. The zero-order valence-electron chi connectivity index (χ0n) is 6.67. The fourth-order valence-corrected chi connectivity index (χ4v) is 0.958. The maximum Gasteiger partial charge on any atom is 0.311 e. The largest absolute Gasteiger partial charge is 0.390 e. The smallest absolute Gasteiger partial charge is 0.311 e. The number of aromatic nitrogens is 2. The quantitative estimate of drug-likeness (QED) is 0.745. The number of imidazole rings is 1. The van der Waals surface area contributed by atoms with Crippen LogP contribution in [0, 0.1) is 0 Å². The Kier molecular flexibility index (Phi) is 2.42. The van der Waals surface area contributed by atoms with E-state index in [2.05, 4.69) is 4.98 Å². The summed E-state index contributed by atoms with van der Waals surface area (Å²) in [6.45, 7) is 0.974. The van der Waals surface area contributed by atoms with Crippen LogP contribution in [0.3, 0.4) is 0 Å². The standard InChI is InChI=1S/C7H10F2N2O/c1-2-11-5-10-3-6(11)7(8,9)4-12/h3,5,12H,2,4H2,1H3. The van der Waals surface area contributed by atoms with Gasteiger partial charge in [0, 0.05) is 6.54 Å². The van der Waals surface area contributed by atoms with Gasteiger partial charge in [-0.2, -0.15) is 8.78 Å². The second-order valence-electron chi connectivity index (χ2n) is 2.43. The van der Waals surface area contributed by atoms with Crippen molar-refractivity contribution in [3.63, 3.8) is 0 Å². The molecule has 5 heteroatoms. The van der Waals surface area contributed by atoms with Crippen molar-refractivity contribution in [2.75, 3.05) is 6.61 Å². The predicted molar refractivity (Wildman–Crippen MR) is 38.9 cm³/mol. The van der Waals surface area contributed by atoms with Crippen LogP contribution in [0.4, 0.5) is 8.78 Å². The summed E-state index contributed by atoms with van der Waals surface area (Å²) in [4.78, 5) is 3.58. The first kappa shape index (κ1) is 9.12. The molecule has 0 radical (unpaired) electrons. The lowest BCUT2D eigenvalue weighted by Gasteiger charge is -2.14. The number of alkyl halides is 2. The van der Waals surface area contributed by atoms with Gasteiger partial charge in [-0.25, -0.2) is 4.98 Å². The summed E-state index contributed by atoms with van der Waals surface area (Å²) >= 11 is 0. The van der Waals surface area contributed by atoms with Crippen molar-refractivity contribution in [1.82, 2.24) is 9.55 Å². The van der Waals surface area contributed by atoms with Gasteiger partial charge in [-0.1, -0.05) is 0 Å². The van der Waals surface area contributed by atoms with Crippen molar-refractivity contribution in [2.45, 2.75) is 19.4 Å². The Morgan fingerprint density at radius 3 is 2.83 bits per heavy atom. The monoisotopic (exact) mass is 176 g/mol. The first-order chi connectivity index (χ1) is 5.61. The third-order valence-electron chi connectivity index (χ3n) is 1.63. The molecule has 1 aromatic rings. The van der Waals surface area contributed by atoms with E-state index in [1.54, 1.807) is 6.92 Å². The number of rotatable bonds is 3. The van der Waals surface area contributed by atoms with Crippen LogP contribution in [0.1, 0.15) is 12.6 Å². The number of aliphatic hydroxyl groups is 1. The van der Waals surface area contributed by atoms with E-state index < -0.39 is 12.5 Å². The first-order valence-corrected chi connectivity index (χ1v) is 3.61. The van der Waals surface area contributed by atoms with Crippen LogP contribution in [0.2, 0.25) is 0 Å². The third kappa shape index (κ3) is 1.45. The van der Waals surface area contributed by atoms with Crippen LogP contribution >= 0.6 is 0 Å². The van der Waals surface area contributed by atoms with Gasteiger partial charge in [0.15, 0.2) is 0 Å². The van der Waals surface area contributed by atoms with E-state index in [0.29, 0.717) is 6.54 Å². The van der Waals surface area contributed by atoms with E-state index in [0.717, 1.165) is 6.20 Å². The average molecular weight is 176 g/mol. The lowest BCUT2D eigenvalue weighted by atomic mass is 10.2. The molecule has 0 amide bonds. The van der Waals surface area contributed by atoms with E-state index in [4.69, 9.17) is 5.11 Å². The fourth-order valence-electron chi connectivity index (χ4n) is 0.958. The molecular weight excluding hydrogens is 166 g/mol. The Morgan fingerprint density at radius 2 is 2.33 bits per heavy atom. The Hall–Kier alpha value is -0.970. The van der Waals surface area contributed by atoms with Crippen molar-refractivity contribution in [3.8, 4) is 0 Å². The minimum Gasteiger partial charge on any atom is -0.390 e. The first-order valence-electron chi connectivity index (χ1n) is 3.61. The minimum atomic E-state index is -3.19. The molecule has 1 heterocycles. The van der Waals surface area contributed by atoms with Gasteiger partial charge < -0.3 is 9.67 Å². The van der Waals surface area contributed by atoms with Gasteiger partial charge >= 0.3 is 5.92 Å². The number of halogens is 2. The summed E-state index contributed by atoms with van der Waals surface area (Å²) in [5, 5.41) is 8.39. The van der Waals surface area contributed by atoms with Crippen LogP contribution in [0.5, 0.6) is 0 Å². The van der Waals surface area contributed by atoms with Crippen molar-refractivity contribution in [3.05, 3.63) is 18.2 Å². The van der Waals surface area contributed by atoms with Crippen molar-refractivity contribution in [1.29, 1.82) is 0 Å². The van der Waals surface area contributed by atoms with Crippen LogP contribution in [0.15, 0.2) is 12.5 Å². The van der Waals surface area contributed by atoms with Gasteiger partial charge in [-0.15, -0.1) is 0 Å². The highest BCUT2D eigenvalue weighted by Crippen LogP contribution is 2.26. The van der Waals surface area contributed by atoms with E-state index in [-0.39, 0.29) is 5.69 Å². The number of nitrogens with zero attached hydrogens (tertiary/aromatic N) is 2. The second-order valence-corrected chi connectivity index (χ2v) is 2.43. The number of hydrogen-bond donors (Lipinski definition) is 1. The zero-order chi connectivity index (χ0) is 9.19. The molecular formula is C7H10F2N2O. The molecule has 0 unspecified atom stereocenters. The maximum atomic E-state index is 12.9. The molecule has 0 fully saturated rings. The van der Waals surface area contributed by atoms with E-state index in [1.807, 2.05) is 0 Å². The molecule has 0 aliphatic carbocycles. The molecule has 0 atom stereocenters. The van der Waals surface area contributed by atoms with E-state index >= 15 is 0 Å². The number of hydrogen-bond acceptors (Lipinski definition) is 2. The van der Waals surface area contributed by atoms with Crippen LogP contribution in [-0.4, -0.2) is 21.3 Å². The summed E-state index contributed by atoms with van der Waals surface area (Å²) in [7, 11) is 0. The topological polar surface area (TPSA) is 38.0 Å². The highest BCUT2D eigenvalue weighted by atomic mass is 19.3. The zero-order valence-corrected chi connectivity index (χ0v) is 6.67. The predicted octanol–water partition coefficient (Wildman–Crippen LogP) is 0.987. The highest BCUT2D eigenvalue weighted by molar-refractivity contribution is 5.06. The van der Waals surface area contributed by atoms with Gasteiger partial charge in [-0.05, 0) is 6.92 Å². The molecule has 68 valence electrons. The summed E-state index contributed by atoms with van der Waals surface area (Å²) in [5.41, 5.74) is -0.243. The second kappa shape index (κ2) is 3.18. The summed E-state index contributed by atoms with van der Waals surface area (Å²) < 4.78 is 27.0. The molecule has 0 saturated heterocycles. The third-order valence-corrected chi connectivity index (χ3v) is 1.63. The number of aryl methyl sites for hydroxylation is 1. The van der Waals surface area contributed by atoms with Gasteiger partial charge in [-0.3, -0.25) is 0 Å². The average Bonchev–Trinajstić information content (AvgIpc) is 2.52. The van der Waals surface area contributed by atoms with Crippen LogP contribution < -0.4 is 0 Å². The highest BCUT2D eigenvalue weighted by Gasteiger charge is 2.33. The minimum absolute atomic E-state index is 0.243. The van der Waals surface area contributed by atoms with Gasteiger partial charge in [0.25, 0.3) is 0 Å². The van der Waals surface area contributed by atoms with Gasteiger partial charge in [0.1, 0.15) is 12.3 Å². The van der Waals surface area contributed by atoms with Gasteiger partial charge in [0.2, 0.25) is 0 Å². The molecule has 0 saturated carbocycles. The molecule has 12 heavy (non-hydrogen) atoms.